The molecule has 6 nitrogen and oxygen atoms in total. The summed E-state index contributed by atoms with van der Waals surface area (Å²) < 4.78 is 5.34. The molecule has 6 heteroatoms. The number of carbonyl (C=O) groups excluding carboxylic acids is 2. The minimum atomic E-state index is -0.127. The van der Waals surface area contributed by atoms with E-state index in [-0.39, 0.29) is 17.9 Å². The van der Waals surface area contributed by atoms with Crippen LogP contribution >= 0.6 is 0 Å². The number of nitrogens with one attached hydrogen (secondary N) is 3. The first-order valence-corrected chi connectivity index (χ1v) is 7.73. The van der Waals surface area contributed by atoms with Crippen LogP contribution in [-0.4, -0.2) is 43.7 Å². The van der Waals surface area contributed by atoms with Gasteiger partial charge < -0.3 is 20.7 Å². The molecule has 2 amide bonds. The van der Waals surface area contributed by atoms with Gasteiger partial charge in [0.2, 0.25) is 5.91 Å². The molecule has 1 heterocycles. The van der Waals surface area contributed by atoms with E-state index in [4.69, 9.17) is 4.74 Å². The summed E-state index contributed by atoms with van der Waals surface area (Å²) in [5.41, 5.74) is 1.07. The molecule has 1 aromatic carbocycles. The molecule has 1 saturated carbocycles. The highest BCUT2D eigenvalue weighted by molar-refractivity contribution is 6.04. The second-order valence-electron chi connectivity index (χ2n) is 5.77. The number of anilines is 1. The van der Waals surface area contributed by atoms with Crippen LogP contribution in [0.5, 0.6) is 0 Å². The normalized spacial score (nSPS) is 21.2. The van der Waals surface area contributed by atoms with Crippen molar-refractivity contribution >= 4 is 17.5 Å². The molecule has 1 saturated heterocycles. The fraction of sp³-hybridized carbons (Fsp3) is 0.500. The van der Waals surface area contributed by atoms with E-state index in [1.807, 2.05) is 6.07 Å². The summed E-state index contributed by atoms with van der Waals surface area (Å²) in [5, 5.41) is 9.02. The summed E-state index contributed by atoms with van der Waals surface area (Å²) in [6.45, 7) is 1.98. The third kappa shape index (κ3) is 4.05. The van der Waals surface area contributed by atoms with Crippen molar-refractivity contribution in [3.8, 4) is 0 Å². The average Bonchev–Trinajstić information content (AvgIpc) is 3.32. The molecule has 2 aliphatic rings. The molecule has 1 atom stereocenters. The molecule has 1 aliphatic carbocycles. The predicted octanol–water partition coefficient (Wildman–Crippen LogP) is 0.896. The monoisotopic (exact) mass is 303 g/mol. The van der Waals surface area contributed by atoms with E-state index in [1.165, 1.54) is 0 Å². The van der Waals surface area contributed by atoms with Crippen molar-refractivity contribution in [2.24, 2.45) is 0 Å². The van der Waals surface area contributed by atoms with Crippen molar-refractivity contribution in [3.63, 3.8) is 0 Å². The molecular formula is C16H21N3O3. The Bertz CT molecular complexity index is 551. The van der Waals surface area contributed by atoms with Crippen molar-refractivity contribution in [3.05, 3.63) is 29.8 Å². The molecular weight excluding hydrogens is 282 g/mol. The van der Waals surface area contributed by atoms with Crippen LogP contribution in [0.15, 0.2) is 24.3 Å². The van der Waals surface area contributed by atoms with E-state index in [0.717, 1.165) is 19.4 Å². The summed E-state index contributed by atoms with van der Waals surface area (Å²) in [4.78, 5) is 24.3. The van der Waals surface area contributed by atoms with Gasteiger partial charge in [-0.3, -0.25) is 9.59 Å². The number of para-hydroxylation sites is 1. The Balaban J connectivity index is 1.60. The molecule has 0 bridgehead atoms. The smallest absolute Gasteiger partial charge is 0.253 e. The zero-order valence-electron chi connectivity index (χ0n) is 12.4. The van der Waals surface area contributed by atoms with E-state index in [9.17, 15) is 9.59 Å². The lowest BCUT2D eigenvalue weighted by atomic mass is 10.1. The number of rotatable bonds is 5. The van der Waals surface area contributed by atoms with Gasteiger partial charge in [-0.1, -0.05) is 12.1 Å². The third-order valence-corrected chi connectivity index (χ3v) is 3.79. The number of amides is 2. The minimum absolute atomic E-state index is 0.0289. The van der Waals surface area contributed by atoms with Gasteiger partial charge in [-0.2, -0.15) is 0 Å². The number of carbonyl (C=O) groups is 2. The first-order chi connectivity index (χ1) is 10.7. The quantitative estimate of drug-likeness (QED) is 0.755. The molecule has 2 fully saturated rings. The van der Waals surface area contributed by atoms with E-state index in [2.05, 4.69) is 16.0 Å². The highest BCUT2D eigenvalue weighted by atomic mass is 16.5. The van der Waals surface area contributed by atoms with Gasteiger partial charge in [0.25, 0.3) is 5.91 Å². The molecule has 0 spiro atoms. The van der Waals surface area contributed by atoms with Crippen LogP contribution in [0.25, 0.3) is 0 Å². The Morgan fingerprint density at radius 1 is 1.27 bits per heavy atom. The summed E-state index contributed by atoms with van der Waals surface area (Å²) in [7, 11) is 0. The highest BCUT2D eigenvalue weighted by Gasteiger charge is 2.25. The number of hydrogen-bond acceptors (Lipinski definition) is 4. The lowest BCUT2D eigenvalue weighted by molar-refractivity contribution is -0.117. The Morgan fingerprint density at radius 3 is 2.82 bits per heavy atom. The molecule has 1 aliphatic heterocycles. The highest BCUT2D eigenvalue weighted by Crippen LogP contribution is 2.21. The average molecular weight is 303 g/mol. The maximum Gasteiger partial charge on any atom is 0.253 e. The summed E-state index contributed by atoms with van der Waals surface area (Å²) in [6, 6.07) is 7.42. The van der Waals surface area contributed by atoms with Crippen molar-refractivity contribution in [2.45, 2.75) is 31.3 Å². The van der Waals surface area contributed by atoms with E-state index < -0.39 is 0 Å². The number of ether oxygens (including phenoxy) is 1. The Morgan fingerprint density at radius 2 is 2.09 bits per heavy atom. The third-order valence-electron chi connectivity index (χ3n) is 3.79. The fourth-order valence-electron chi connectivity index (χ4n) is 2.46. The molecule has 3 N–H and O–H groups in total. The predicted molar refractivity (Wildman–Crippen MR) is 82.8 cm³/mol. The molecule has 1 aromatic rings. The molecule has 3 rings (SSSR count). The van der Waals surface area contributed by atoms with Crippen LogP contribution in [0.4, 0.5) is 5.69 Å². The van der Waals surface area contributed by atoms with Crippen LogP contribution in [0.2, 0.25) is 0 Å². The van der Waals surface area contributed by atoms with Gasteiger partial charge in [0.05, 0.1) is 24.5 Å². The van der Waals surface area contributed by atoms with Gasteiger partial charge in [-0.25, -0.2) is 0 Å². The Labute approximate surface area is 129 Å². The standard InChI is InChI=1S/C16H21N3O3/c20-15(9-12-10-22-8-7-17-12)19-14-4-2-1-3-13(14)16(21)18-11-5-6-11/h1-4,11-12,17H,5-10H2,(H,18,21)(H,19,20). The van der Waals surface area contributed by atoms with Gasteiger partial charge in [0.15, 0.2) is 0 Å². The van der Waals surface area contributed by atoms with Gasteiger partial charge in [-0.05, 0) is 25.0 Å². The van der Waals surface area contributed by atoms with Crippen LogP contribution in [0.1, 0.15) is 29.6 Å². The zero-order chi connectivity index (χ0) is 15.4. The van der Waals surface area contributed by atoms with Gasteiger partial charge in [0.1, 0.15) is 0 Å². The Kier molecular flexibility index (Phi) is 4.70. The van der Waals surface area contributed by atoms with Crippen LogP contribution in [-0.2, 0) is 9.53 Å². The fourth-order valence-corrected chi connectivity index (χ4v) is 2.46. The van der Waals surface area contributed by atoms with Crippen LogP contribution < -0.4 is 16.0 Å². The lowest BCUT2D eigenvalue weighted by Crippen LogP contribution is -2.43. The molecule has 1 unspecified atom stereocenters. The maximum absolute atomic E-state index is 12.2. The summed E-state index contributed by atoms with van der Waals surface area (Å²) >= 11 is 0. The van der Waals surface area contributed by atoms with Crippen molar-refractivity contribution in [1.29, 1.82) is 0 Å². The van der Waals surface area contributed by atoms with Crippen molar-refractivity contribution in [1.82, 2.24) is 10.6 Å². The van der Waals surface area contributed by atoms with Crippen molar-refractivity contribution < 1.29 is 14.3 Å². The lowest BCUT2D eigenvalue weighted by Gasteiger charge is -2.23. The SMILES string of the molecule is O=C(CC1COCCN1)Nc1ccccc1C(=O)NC1CC1. The number of morpholine rings is 1. The largest absolute Gasteiger partial charge is 0.378 e. The topological polar surface area (TPSA) is 79.5 Å². The van der Waals surface area contributed by atoms with Crippen LogP contribution in [0.3, 0.4) is 0 Å². The summed E-state index contributed by atoms with van der Waals surface area (Å²) in [6.07, 6.45) is 2.40. The van der Waals surface area contributed by atoms with Gasteiger partial charge in [-0.15, -0.1) is 0 Å². The minimum Gasteiger partial charge on any atom is -0.378 e. The second kappa shape index (κ2) is 6.89. The number of hydrogen-bond donors (Lipinski definition) is 3. The summed E-state index contributed by atoms with van der Waals surface area (Å²) in [5.74, 6) is -0.243. The van der Waals surface area contributed by atoms with E-state index in [1.54, 1.807) is 18.2 Å². The molecule has 118 valence electrons. The number of benzene rings is 1. The first-order valence-electron chi connectivity index (χ1n) is 7.73. The van der Waals surface area contributed by atoms with Crippen LogP contribution in [0, 0.1) is 0 Å². The molecule has 0 aromatic heterocycles. The van der Waals surface area contributed by atoms with E-state index >= 15 is 0 Å². The van der Waals surface area contributed by atoms with Gasteiger partial charge in [0, 0.05) is 25.0 Å². The Hall–Kier alpha value is -1.92. The first kappa shape index (κ1) is 15.0. The van der Waals surface area contributed by atoms with E-state index in [0.29, 0.717) is 36.9 Å². The second-order valence-corrected chi connectivity index (χ2v) is 5.77. The molecule has 22 heavy (non-hydrogen) atoms. The maximum atomic E-state index is 12.2. The zero-order valence-corrected chi connectivity index (χ0v) is 12.4. The van der Waals surface area contributed by atoms with Gasteiger partial charge >= 0.3 is 0 Å². The van der Waals surface area contributed by atoms with Crippen molar-refractivity contribution in [2.75, 3.05) is 25.1 Å². The molecule has 0 radical (unpaired) electrons.